The van der Waals surface area contributed by atoms with Crippen molar-refractivity contribution in [2.75, 3.05) is 26.7 Å². The lowest BCUT2D eigenvalue weighted by molar-refractivity contribution is -0.138. The molecule has 198 valence electrons. The number of nitrogens with one attached hydrogen (secondary N) is 1. The number of piperidine rings is 1. The summed E-state index contributed by atoms with van der Waals surface area (Å²) in [5.41, 5.74) is 0.470. The average Bonchev–Trinajstić information content (AvgIpc) is 2.81. The van der Waals surface area contributed by atoms with Crippen molar-refractivity contribution < 1.29 is 19.1 Å². The van der Waals surface area contributed by atoms with Gasteiger partial charge in [0, 0.05) is 25.2 Å². The first-order chi connectivity index (χ1) is 16.0. The van der Waals surface area contributed by atoms with Crippen molar-refractivity contribution in [1.29, 1.82) is 0 Å². The first-order valence-electron chi connectivity index (χ1n) is 13.2. The normalized spacial score (nSPS) is 18.4. The smallest absolute Gasteiger partial charge is 0.333 e. The minimum Gasteiger partial charge on any atom is -0.463 e. The van der Waals surface area contributed by atoms with Crippen molar-refractivity contribution in [1.82, 2.24) is 15.1 Å². The Morgan fingerprint density at radius 1 is 1.12 bits per heavy atom. The second-order valence-corrected chi connectivity index (χ2v) is 9.73. The maximum Gasteiger partial charge on any atom is 0.333 e. The molecule has 1 saturated heterocycles. The fourth-order valence-corrected chi connectivity index (χ4v) is 3.92. The van der Waals surface area contributed by atoms with Crippen LogP contribution in [0.3, 0.4) is 0 Å². The molecule has 0 aliphatic carbocycles. The van der Waals surface area contributed by atoms with E-state index < -0.39 is 6.04 Å². The highest BCUT2D eigenvalue weighted by Crippen LogP contribution is 2.21. The number of likely N-dealkylation sites (N-methyl/N-ethyl adjacent to an activating group) is 1. The number of amides is 2. The van der Waals surface area contributed by atoms with Crippen LogP contribution in [-0.4, -0.2) is 72.5 Å². The van der Waals surface area contributed by atoms with Crippen LogP contribution in [0.4, 0.5) is 0 Å². The van der Waals surface area contributed by atoms with Gasteiger partial charge in [-0.05, 0) is 58.9 Å². The first kappa shape index (κ1) is 32.1. The van der Waals surface area contributed by atoms with E-state index in [0.29, 0.717) is 24.6 Å². The summed E-state index contributed by atoms with van der Waals surface area (Å²) < 4.78 is 4.98. The number of hydrogen-bond acceptors (Lipinski definition) is 5. The van der Waals surface area contributed by atoms with E-state index in [1.54, 1.807) is 31.9 Å². The van der Waals surface area contributed by atoms with Crippen LogP contribution in [0.25, 0.3) is 0 Å². The SMILES string of the molecule is CCC.CCOC(=O)/C(C)=C/CN(C)C(=O)C(CC(C)C)NC(=O)C1CCCCN1C(C)CC. The summed E-state index contributed by atoms with van der Waals surface area (Å²) in [4.78, 5) is 41.9. The van der Waals surface area contributed by atoms with Crippen LogP contribution < -0.4 is 5.32 Å². The molecule has 7 nitrogen and oxygen atoms in total. The Kier molecular flexibility index (Phi) is 16.6. The zero-order valence-electron chi connectivity index (χ0n) is 23.3. The van der Waals surface area contributed by atoms with Gasteiger partial charge in [0.1, 0.15) is 6.04 Å². The molecule has 0 bridgehead atoms. The van der Waals surface area contributed by atoms with E-state index in [0.717, 1.165) is 32.2 Å². The van der Waals surface area contributed by atoms with Crippen molar-refractivity contribution in [2.24, 2.45) is 5.92 Å². The van der Waals surface area contributed by atoms with Gasteiger partial charge in [-0.2, -0.15) is 0 Å². The fourth-order valence-electron chi connectivity index (χ4n) is 3.92. The van der Waals surface area contributed by atoms with Gasteiger partial charge in [0.25, 0.3) is 0 Å². The number of carbonyl (C=O) groups is 3. The van der Waals surface area contributed by atoms with Gasteiger partial charge >= 0.3 is 5.97 Å². The molecule has 0 aromatic carbocycles. The molecule has 1 fully saturated rings. The van der Waals surface area contributed by atoms with Crippen LogP contribution in [-0.2, 0) is 19.1 Å². The van der Waals surface area contributed by atoms with E-state index in [-0.39, 0.29) is 36.3 Å². The Balaban J connectivity index is 0.00000343. The summed E-state index contributed by atoms with van der Waals surface area (Å²) in [5, 5.41) is 3.05. The highest BCUT2D eigenvalue weighted by atomic mass is 16.5. The lowest BCUT2D eigenvalue weighted by Gasteiger charge is -2.39. The molecule has 0 spiro atoms. The molecule has 0 aromatic heterocycles. The summed E-state index contributed by atoms with van der Waals surface area (Å²) in [6, 6.07) is -0.411. The van der Waals surface area contributed by atoms with E-state index in [1.165, 1.54) is 6.42 Å². The molecule has 0 radical (unpaired) electrons. The van der Waals surface area contributed by atoms with E-state index >= 15 is 0 Å². The van der Waals surface area contributed by atoms with Gasteiger partial charge in [-0.25, -0.2) is 4.79 Å². The maximum absolute atomic E-state index is 13.2. The molecule has 1 N–H and O–H groups in total. The van der Waals surface area contributed by atoms with Crippen LogP contribution in [0, 0.1) is 5.92 Å². The second-order valence-electron chi connectivity index (χ2n) is 9.73. The highest BCUT2D eigenvalue weighted by Gasteiger charge is 2.34. The van der Waals surface area contributed by atoms with Gasteiger partial charge in [-0.1, -0.05) is 53.5 Å². The standard InChI is InChI=1S/C24H43N3O4.C3H8/c1-8-19(6)27-14-11-10-12-21(27)22(28)25-20(16-17(3)4)23(29)26(7)15-13-18(5)24(30)31-9-2;1-3-2/h13,17,19-21H,8-12,14-16H2,1-7H3,(H,25,28);3H2,1-2H3/b18-13+;. The summed E-state index contributed by atoms with van der Waals surface area (Å²) in [5.74, 6) is -0.305. The van der Waals surface area contributed by atoms with Crippen LogP contribution in [0.15, 0.2) is 11.6 Å². The van der Waals surface area contributed by atoms with Gasteiger partial charge in [0.15, 0.2) is 0 Å². The van der Waals surface area contributed by atoms with Crippen molar-refractivity contribution in [3.05, 3.63) is 11.6 Å². The Labute approximate surface area is 208 Å². The van der Waals surface area contributed by atoms with Crippen LogP contribution in [0.1, 0.15) is 93.9 Å². The molecule has 1 heterocycles. The van der Waals surface area contributed by atoms with Crippen molar-refractivity contribution >= 4 is 17.8 Å². The van der Waals surface area contributed by atoms with Crippen LogP contribution >= 0.6 is 0 Å². The maximum atomic E-state index is 13.2. The van der Waals surface area contributed by atoms with Gasteiger partial charge in [-0.15, -0.1) is 0 Å². The Morgan fingerprint density at radius 3 is 2.26 bits per heavy atom. The molecule has 7 heteroatoms. The van der Waals surface area contributed by atoms with E-state index in [2.05, 4.69) is 37.9 Å². The zero-order valence-corrected chi connectivity index (χ0v) is 23.3. The van der Waals surface area contributed by atoms with Crippen LogP contribution in [0.5, 0.6) is 0 Å². The molecular formula is C27H51N3O4. The lowest BCUT2D eigenvalue weighted by Crippen LogP contribution is -2.57. The summed E-state index contributed by atoms with van der Waals surface area (Å²) >= 11 is 0. The van der Waals surface area contributed by atoms with Crippen molar-refractivity contribution in [3.63, 3.8) is 0 Å². The fraction of sp³-hybridized carbons (Fsp3) is 0.815. The minimum absolute atomic E-state index is 0.0503. The Bertz CT molecular complexity index is 648. The molecule has 0 aromatic rings. The molecule has 1 rings (SSSR count). The first-order valence-corrected chi connectivity index (χ1v) is 13.2. The lowest BCUT2D eigenvalue weighted by atomic mass is 9.97. The highest BCUT2D eigenvalue weighted by molar-refractivity contribution is 5.90. The second kappa shape index (κ2) is 17.5. The minimum atomic E-state index is -0.575. The summed E-state index contributed by atoms with van der Waals surface area (Å²) in [6.07, 6.45) is 7.48. The number of hydrogen-bond donors (Lipinski definition) is 1. The Hall–Kier alpha value is -1.89. The largest absolute Gasteiger partial charge is 0.463 e. The van der Waals surface area contributed by atoms with Gasteiger partial charge in [-0.3, -0.25) is 14.5 Å². The van der Waals surface area contributed by atoms with E-state index in [1.807, 2.05) is 13.8 Å². The van der Waals surface area contributed by atoms with Crippen LogP contribution in [0.2, 0.25) is 0 Å². The number of rotatable bonds is 11. The molecule has 2 amide bonds. The van der Waals surface area contributed by atoms with Crippen molar-refractivity contribution in [2.45, 2.75) is 112 Å². The number of ether oxygens (including phenoxy) is 1. The zero-order chi connectivity index (χ0) is 26.3. The average molecular weight is 482 g/mol. The van der Waals surface area contributed by atoms with Gasteiger partial charge < -0.3 is 15.0 Å². The molecule has 1 aliphatic heterocycles. The topological polar surface area (TPSA) is 79.0 Å². The van der Waals surface area contributed by atoms with E-state index in [4.69, 9.17) is 4.74 Å². The predicted molar refractivity (Wildman–Crippen MR) is 139 cm³/mol. The summed E-state index contributed by atoms with van der Waals surface area (Å²) in [6.45, 7) is 17.6. The molecule has 34 heavy (non-hydrogen) atoms. The number of likely N-dealkylation sites (tertiary alicyclic amines) is 1. The van der Waals surface area contributed by atoms with Crippen molar-refractivity contribution in [3.8, 4) is 0 Å². The third-order valence-electron chi connectivity index (χ3n) is 5.97. The third kappa shape index (κ3) is 11.5. The predicted octanol–water partition coefficient (Wildman–Crippen LogP) is 4.55. The molecule has 1 aliphatic rings. The number of nitrogens with zero attached hydrogens (tertiary/aromatic N) is 2. The van der Waals surface area contributed by atoms with Gasteiger partial charge in [0.2, 0.25) is 11.8 Å². The molecule has 0 saturated carbocycles. The monoisotopic (exact) mass is 481 g/mol. The molecule has 3 unspecified atom stereocenters. The quantitative estimate of drug-likeness (QED) is 0.346. The molecule has 3 atom stereocenters. The number of esters is 1. The third-order valence-corrected chi connectivity index (χ3v) is 5.97. The van der Waals surface area contributed by atoms with E-state index in [9.17, 15) is 14.4 Å². The molecular weight excluding hydrogens is 430 g/mol. The Morgan fingerprint density at radius 2 is 1.74 bits per heavy atom. The summed E-state index contributed by atoms with van der Waals surface area (Å²) in [7, 11) is 1.70. The van der Waals surface area contributed by atoms with Gasteiger partial charge in [0.05, 0.1) is 12.6 Å². The number of carbonyl (C=O) groups excluding carboxylic acids is 3.